The van der Waals surface area contributed by atoms with E-state index in [-0.39, 0.29) is 5.91 Å². The molecule has 1 saturated carbocycles. The molecule has 1 aromatic rings. The highest BCUT2D eigenvalue weighted by Crippen LogP contribution is 2.19. The average molecular weight is 324 g/mol. The third-order valence-corrected chi connectivity index (χ3v) is 5.08. The molecule has 0 bridgehead atoms. The molecule has 6 heteroatoms. The first-order valence-corrected chi connectivity index (χ1v) is 9.57. The van der Waals surface area contributed by atoms with Gasteiger partial charge < -0.3 is 9.88 Å². The second-order valence-corrected chi connectivity index (χ2v) is 6.89. The summed E-state index contributed by atoms with van der Waals surface area (Å²) in [6, 6.07) is 0.371. The molecule has 0 radical (unpaired) electrons. The highest BCUT2D eigenvalue weighted by atomic mass is 32.2. The van der Waals surface area contributed by atoms with Crippen molar-refractivity contribution in [1.29, 1.82) is 0 Å². The summed E-state index contributed by atoms with van der Waals surface area (Å²) in [5.41, 5.74) is 0. The predicted octanol–water partition coefficient (Wildman–Crippen LogP) is 3.18. The highest BCUT2D eigenvalue weighted by molar-refractivity contribution is 7.99. The van der Waals surface area contributed by atoms with Gasteiger partial charge in [-0.3, -0.25) is 4.79 Å². The zero-order valence-corrected chi connectivity index (χ0v) is 14.6. The SMILES string of the molecule is CCCn1c(CC)nnc1SCC(=O)NC1CCCCCC1. The molecule has 0 aromatic carbocycles. The summed E-state index contributed by atoms with van der Waals surface area (Å²) in [7, 11) is 0. The zero-order valence-electron chi connectivity index (χ0n) is 13.8. The molecule has 1 aliphatic carbocycles. The highest BCUT2D eigenvalue weighted by Gasteiger charge is 2.16. The smallest absolute Gasteiger partial charge is 0.230 e. The molecule has 124 valence electrons. The fraction of sp³-hybridized carbons (Fsp3) is 0.812. The van der Waals surface area contributed by atoms with Gasteiger partial charge in [-0.05, 0) is 19.3 Å². The molecule has 1 aliphatic rings. The van der Waals surface area contributed by atoms with Gasteiger partial charge >= 0.3 is 0 Å². The Morgan fingerprint density at radius 1 is 1.23 bits per heavy atom. The van der Waals surface area contributed by atoms with Gasteiger partial charge in [0.15, 0.2) is 5.16 Å². The van der Waals surface area contributed by atoms with Gasteiger partial charge in [-0.15, -0.1) is 10.2 Å². The predicted molar refractivity (Wildman–Crippen MR) is 90.0 cm³/mol. The van der Waals surface area contributed by atoms with E-state index in [1.807, 2.05) is 0 Å². The van der Waals surface area contributed by atoms with E-state index in [2.05, 4.69) is 33.9 Å². The third kappa shape index (κ3) is 5.00. The van der Waals surface area contributed by atoms with Crippen LogP contribution in [0.5, 0.6) is 0 Å². The standard InChI is InChI=1S/C16H28N4OS/c1-3-11-20-14(4-2)18-19-16(20)22-12-15(21)17-13-9-7-5-6-8-10-13/h13H,3-12H2,1-2H3,(H,17,21). The summed E-state index contributed by atoms with van der Waals surface area (Å²) < 4.78 is 2.14. The Balaban J connectivity index is 1.84. The number of thioether (sulfide) groups is 1. The van der Waals surface area contributed by atoms with Gasteiger partial charge in [0.1, 0.15) is 5.82 Å². The number of carbonyl (C=O) groups excluding carboxylic acids is 1. The number of aryl methyl sites for hydroxylation is 1. The van der Waals surface area contributed by atoms with E-state index < -0.39 is 0 Å². The van der Waals surface area contributed by atoms with E-state index in [4.69, 9.17) is 0 Å². The van der Waals surface area contributed by atoms with Gasteiger partial charge in [0.2, 0.25) is 5.91 Å². The van der Waals surface area contributed by atoms with Gasteiger partial charge in [0.05, 0.1) is 5.75 Å². The Kier molecular flexibility index (Phi) is 7.22. The minimum absolute atomic E-state index is 0.126. The lowest BCUT2D eigenvalue weighted by Crippen LogP contribution is -2.35. The van der Waals surface area contributed by atoms with Crippen LogP contribution < -0.4 is 5.32 Å². The molecule has 0 aliphatic heterocycles. The number of aromatic nitrogens is 3. The fourth-order valence-corrected chi connectivity index (χ4v) is 3.75. The van der Waals surface area contributed by atoms with Crippen molar-refractivity contribution in [3.63, 3.8) is 0 Å². The van der Waals surface area contributed by atoms with Crippen LogP contribution in [0.2, 0.25) is 0 Å². The van der Waals surface area contributed by atoms with Crippen LogP contribution in [-0.4, -0.2) is 32.5 Å². The first-order valence-electron chi connectivity index (χ1n) is 8.58. The topological polar surface area (TPSA) is 59.8 Å². The van der Waals surface area contributed by atoms with Crippen LogP contribution in [0.4, 0.5) is 0 Å². The maximum atomic E-state index is 12.2. The molecule has 1 heterocycles. The molecule has 22 heavy (non-hydrogen) atoms. The maximum Gasteiger partial charge on any atom is 0.230 e. The number of hydrogen-bond donors (Lipinski definition) is 1. The number of nitrogens with one attached hydrogen (secondary N) is 1. The van der Waals surface area contributed by atoms with Gasteiger partial charge in [-0.1, -0.05) is 51.3 Å². The summed E-state index contributed by atoms with van der Waals surface area (Å²) in [6.45, 7) is 5.15. The maximum absolute atomic E-state index is 12.2. The summed E-state index contributed by atoms with van der Waals surface area (Å²) in [5, 5.41) is 12.5. The van der Waals surface area contributed by atoms with E-state index in [9.17, 15) is 4.79 Å². The van der Waals surface area contributed by atoms with E-state index in [1.54, 1.807) is 0 Å². The second kappa shape index (κ2) is 9.18. The van der Waals surface area contributed by atoms with Gasteiger partial charge in [0, 0.05) is 19.0 Å². The molecular weight excluding hydrogens is 296 g/mol. The molecule has 1 N–H and O–H groups in total. The Morgan fingerprint density at radius 3 is 2.59 bits per heavy atom. The minimum Gasteiger partial charge on any atom is -0.353 e. The molecule has 0 spiro atoms. The molecular formula is C16H28N4OS. The van der Waals surface area contributed by atoms with Crippen molar-refractivity contribution >= 4 is 17.7 Å². The van der Waals surface area contributed by atoms with Crippen molar-refractivity contribution < 1.29 is 4.79 Å². The van der Waals surface area contributed by atoms with Crippen molar-refractivity contribution in [2.45, 2.75) is 83.0 Å². The Hall–Kier alpha value is -1.04. The third-order valence-electron chi connectivity index (χ3n) is 4.11. The molecule has 0 unspecified atom stereocenters. The minimum atomic E-state index is 0.126. The summed E-state index contributed by atoms with van der Waals surface area (Å²) in [4.78, 5) is 12.2. The lowest BCUT2D eigenvalue weighted by atomic mass is 10.1. The van der Waals surface area contributed by atoms with Crippen LogP contribution >= 0.6 is 11.8 Å². The summed E-state index contributed by atoms with van der Waals surface area (Å²) in [5.74, 6) is 1.57. The Bertz CT molecular complexity index is 467. The Labute approximate surface area is 137 Å². The summed E-state index contributed by atoms with van der Waals surface area (Å²) >= 11 is 1.50. The quantitative estimate of drug-likeness (QED) is 0.618. The fourth-order valence-electron chi connectivity index (χ4n) is 2.96. The van der Waals surface area contributed by atoms with Gasteiger partial charge in [0.25, 0.3) is 0 Å². The van der Waals surface area contributed by atoms with E-state index >= 15 is 0 Å². The second-order valence-electron chi connectivity index (χ2n) is 5.95. The normalized spacial score (nSPS) is 16.5. The lowest BCUT2D eigenvalue weighted by Gasteiger charge is -2.16. The van der Waals surface area contributed by atoms with Crippen molar-refractivity contribution in [2.75, 3.05) is 5.75 Å². The van der Waals surface area contributed by atoms with Crippen molar-refractivity contribution in [3.8, 4) is 0 Å². The monoisotopic (exact) mass is 324 g/mol. The van der Waals surface area contributed by atoms with Gasteiger partial charge in [-0.25, -0.2) is 0 Å². The molecule has 1 aromatic heterocycles. The van der Waals surface area contributed by atoms with E-state index in [1.165, 1.54) is 37.4 Å². The van der Waals surface area contributed by atoms with E-state index in [0.29, 0.717) is 11.8 Å². The lowest BCUT2D eigenvalue weighted by molar-refractivity contribution is -0.119. The Morgan fingerprint density at radius 2 is 1.95 bits per heavy atom. The first kappa shape index (κ1) is 17.3. The van der Waals surface area contributed by atoms with E-state index in [0.717, 1.165) is 43.2 Å². The van der Waals surface area contributed by atoms with Crippen molar-refractivity contribution in [2.24, 2.45) is 0 Å². The van der Waals surface area contributed by atoms with Crippen LogP contribution in [0.15, 0.2) is 5.16 Å². The van der Waals surface area contributed by atoms with Crippen LogP contribution in [0, 0.1) is 0 Å². The number of hydrogen-bond acceptors (Lipinski definition) is 4. The number of carbonyl (C=O) groups is 1. The molecule has 1 amide bonds. The molecule has 0 atom stereocenters. The molecule has 5 nitrogen and oxygen atoms in total. The van der Waals surface area contributed by atoms with Crippen LogP contribution in [0.3, 0.4) is 0 Å². The van der Waals surface area contributed by atoms with Crippen LogP contribution in [0.25, 0.3) is 0 Å². The van der Waals surface area contributed by atoms with Crippen molar-refractivity contribution in [1.82, 2.24) is 20.1 Å². The largest absolute Gasteiger partial charge is 0.353 e. The van der Waals surface area contributed by atoms with Crippen LogP contribution in [0.1, 0.15) is 64.6 Å². The number of amides is 1. The average Bonchev–Trinajstić information content (AvgIpc) is 2.72. The molecule has 2 rings (SSSR count). The first-order chi connectivity index (χ1) is 10.7. The number of rotatable bonds is 7. The van der Waals surface area contributed by atoms with Gasteiger partial charge in [-0.2, -0.15) is 0 Å². The molecule has 0 saturated heterocycles. The summed E-state index contributed by atoms with van der Waals surface area (Å²) in [6.07, 6.45) is 9.27. The molecule has 1 fully saturated rings. The van der Waals surface area contributed by atoms with Crippen molar-refractivity contribution in [3.05, 3.63) is 5.82 Å². The van der Waals surface area contributed by atoms with Crippen LogP contribution in [-0.2, 0) is 17.8 Å². The number of nitrogens with zero attached hydrogens (tertiary/aromatic N) is 3. The zero-order chi connectivity index (χ0) is 15.8.